The fraction of sp³-hybridized carbons (Fsp3) is 0.630. The molecule has 8 nitrogen and oxygen atoms in total. The van der Waals surface area contributed by atoms with E-state index in [9.17, 15) is 19.2 Å². The van der Waals surface area contributed by atoms with Crippen LogP contribution in [0, 0.1) is 17.3 Å². The Bertz CT molecular complexity index is 970. The van der Waals surface area contributed by atoms with Gasteiger partial charge in [-0.05, 0) is 61.3 Å². The molecule has 2 heterocycles. The van der Waals surface area contributed by atoms with Crippen LogP contribution in [0.1, 0.15) is 58.4 Å². The second-order valence-electron chi connectivity index (χ2n) is 11.4. The Morgan fingerprint density at radius 1 is 1.09 bits per heavy atom. The van der Waals surface area contributed by atoms with E-state index in [0.29, 0.717) is 31.8 Å². The van der Waals surface area contributed by atoms with E-state index in [2.05, 4.69) is 38.2 Å². The highest BCUT2D eigenvalue weighted by molar-refractivity contribution is 6.08. The fourth-order valence-electron chi connectivity index (χ4n) is 6.39. The average molecular weight is 484 g/mol. The number of urea groups is 1. The summed E-state index contributed by atoms with van der Waals surface area (Å²) in [5.41, 5.74) is 0.260. The molecule has 2 saturated heterocycles. The van der Waals surface area contributed by atoms with Crippen LogP contribution in [-0.2, 0) is 25.5 Å². The third-order valence-electron chi connectivity index (χ3n) is 7.60. The summed E-state index contributed by atoms with van der Waals surface area (Å²) in [7, 11) is 0. The maximum absolute atomic E-state index is 13.2. The van der Waals surface area contributed by atoms with Gasteiger partial charge in [0.05, 0.1) is 0 Å². The van der Waals surface area contributed by atoms with Crippen molar-refractivity contribution in [2.45, 2.75) is 64.8 Å². The number of carbonyl (C=O) groups excluding carboxylic acids is 4. The average Bonchev–Trinajstić information content (AvgIpc) is 3.00. The number of benzene rings is 1. The minimum atomic E-state index is -0.960. The van der Waals surface area contributed by atoms with Gasteiger partial charge in [0.1, 0.15) is 12.1 Å². The number of piperidine rings is 1. The minimum absolute atomic E-state index is 0.0852. The van der Waals surface area contributed by atoms with Gasteiger partial charge in [-0.3, -0.25) is 19.3 Å². The standard InChI is InChI=1S/C27H37N3O5/c1-19-14-26(2,3)18-27(15-19)24(33)30(25(34)28-27)16-23(32)35-17-22(31)29-11-9-21(10-12-29)13-20-7-5-4-6-8-20/h4-8,19,21H,9-18H2,1-3H3,(H,28,34)/t19-,27-/m0/s1. The summed E-state index contributed by atoms with van der Waals surface area (Å²) >= 11 is 0. The minimum Gasteiger partial charge on any atom is -0.454 e. The molecule has 2 aliphatic heterocycles. The smallest absolute Gasteiger partial charge is 0.326 e. The number of esters is 1. The quantitative estimate of drug-likeness (QED) is 0.495. The number of hydrogen-bond donors (Lipinski definition) is 1. The van der Waals surface area contributed by atoms with Crippen molar-refractivity contribution in [2.75, 3.05) is 26.2 Å². The van der Waals surface area contributed by atoms with Crippen molar-refractivity contribution in [3.8, 4) is 0 Å². The van der Waals surface area contributed by atoms with E-state index in [1.165, 1.54) is 5.56 Å². The van der Waals surface area contributed by atoms with Gasteiger partial charge in [-0.2, -0.15) is 0 Å². The Morgan fingerprint density at radius 2 is 1.77 bits per heavy atom. The van der Waals surface area contributed by atoms with Gasteiger partial charge >= 0.3 is 12.0 Å². The molecule has 190 valence electrons. The third-order valence-corrected chi connectivity index (χ3v) is 7.60. The number of nitrogens with one attached hydrogen (secondary N) is 1. The number of ether oxygens (including phenoxy) is 1. The number of hydrogen-bond acceptors (Lipinski definition) is 5. The Kier molecular flexibility index (Phi) is 7.20. The van der Waals surface area contributed by atoms with Crippen LogP contribution in [0.4, 0.5) is 4.79 Å². The Balaban J connectivity index is 1.23. The molecule has 0 bridgehead atoms. The summed E-state index contributed by atoms with van der Waals surface area (Å²) in [5.74, 6) is -0.548. The van der Waals surface area contributed by atoms with E-state index in [1.807, 2.05) is 18.2 Å². The molecule has 4 rings (SSSR count). The zero-order valence-electron chi connectivity index (χ0n) is 21.0. The summed E-state index contributed by atoms with van der Waals surface area (Å²) in [6.07, 6.45) is 4.90. The van der Waals surface area contributed by atoms with Gasteiger partial charge in [0.2, 0.25) is 0 Å². The molecule has 0 unspecified atom stereocenters. The van der Waals surface area contributed by atoms with E-state index in [1.54, 1.807) is 4.90 Å². The SMILES string of the molecule is C[C@H]1CC(C)(C)C[C@]2(C1)NC(=O)N(CC(=O)OCC(=O)N1CCC(Cc3ccccc3)CC1)C2=O. The topological polar surface area (TPSA) is 96.0 Å². The van der Waals surface area contributed by atoms with Gasteiger partial charge in [0.15, 0.2) is 6.61 Å². The molecule has 1 saturated carbocycles. The van der Waals surface area contributed by atoms with E-state index in [-0.39, 0.29) is 29.8 Å². The summed E-state index contributed by atoms with van der Waals surface area (Å²) in [4.78, 5) is 53.4. The summed E-state index contributed by atoms with van der Waals surface area (Å²) in [5, 5.41) is 2.85. The Labute approximate surface area is 207 Å². The lowest BCUT2D eigenvalue weighted by atomic mass is 9.64. The lowest BCUT2D eigenvalue weighted by Crippen LogP contribution is -2.54. The maximum Gasteiger partial charge on any atom is 0.326 e. The largest absolute Gasteiger partial charge is 0.454 e. The zero-order chi connectivity index (χ0) is 25.2. The lowest BCUT2D eigenvalue weighted by Gasteiger charge is -2.43. The third kappa shape index (κ3) is 5.85. The number of likely N-dealkylation sites (tertiary alicyclic amines) is 1. The summed E-state index contributed by atoms with van der Waals surface area (Å²) in [6, 6.07) is 9.77. The monoisotopic (exact) mass is 483 g/mol. The van der Waals surface area contributed by atoms with Gasteiger partial charge in [-0.15, -0.1) is 0 Å². The molecule has 3 aliphatic rings. The molecule has 1 N–H and O–H groups in total. The zero-order valence-corrected chi connectivity index (χ0v) is 21.0. The lowest BCUT2D eigenvalue weighted by molar-refractivity contribution is -0.154. The number of nitrogens with zero attached hydrogens (tertiary/aromatic N) is 2. The molecule has 3 fully saturated rings. The molecule has 0 radical (unpaired) electrons. The number of imide groups is 1. The molecule has 1 aromatic rings. The Morgan fingerprint density at radius 3 is 2.43 bits per heavy atom. The molecule has 4 amide bonds. The van der Waals surface area contributed by atoms with Gasteiger partial charge < -0.3 is 15.0 Å². The normalized spacial score (nSPS) is 26.7. The van der Waals surface area contributed by atoms with Crippen molar-refractivity contribution in [2.24, 2.45) is 17.3 Å². The molecular formula is C27H37N3O5. The van der Waals surface area contributed by atoms with E-state index >= 15 is 0 Å². The van der Waals surface area contributed by atoms with Crippen LogP contribution < -0.4 is 5.32 Å². The highest BCUT2D eigenvalue weighted by atomic mass is 16.5. The Hall–Kier alpha value is -2.90. The van der Waals surface area contributed by atoms with Crippen LogP contribution in [0.25, 0.3) is 0 Å². The first-order chi connectivity index (χ1) is 16.6. The van der Waals surface area contributed by atoms with Gasteiger partial charge in [0, 0.05) is 13.1 Å². The van der Waals surface area contributed by atoms with Gasteiger partial charge in [-0.1, -0.05) is 51.1 Å². The summed E-state index contributed by atoms with van der Waals surface area (Å²) in [6.45, 7) is 6.69. The van der Waals surface area contributed by atoms with Crippen molar-refractivity contribution < 1.29 is 23.9 Å². The van der Waals surface area contributed by atoms with Crippen molar-refractivity contribution in [3.63, 3.8) is 0 Å². The predicted molar refractivity (Wildman–Crippen MR) is 130 cm³/mol. The molecule has 35 heavy (non-hydrogen) atoms. The number of amides is 4. The van der Waals surface area contributed by atoms with E-state index in [4.69, 9.17) is 4.74 Å². The first kappa shape index (κ1) is 25.2. The van der Waals surface area contributed by atoms with Crippen LogP contribution in [0.3, 0.4) is 0 Å². The van der Waals surface area contributed by atoms with Gasteiger partial charge in [0.25, 0.3) is 11.8 Å². The van der Waals surface area contributed by atoms with E-state index < -0.39 is 24.1 Å². The molecule has 1 aliphatic carbocycles. The van der Waals surface area contributed by atoms with Crippen LogP contribution in [0.5, 0.6) is 0 Å². The highest BCUT2D eigenvalue weighted by Crippen LogP contribution is 2.46. The molecule has 8 heteroatoms. The second kappa shape index (κ2) is 9.99. The fourth-order valence-corrected chi connectivity index (χ4v) is 6.39. The molecule has 0 aromatic heterocycles. The van der Waals surface area contributed by atoms with Crippen LogP contribution in [0.15, 0.2) is 30.3 Å². The first-order valence-electron chi connectivity index (χ1n) is 12.7. The van der Waals surface area contributed by atoms with Crippen LogP contribution in [-0.4, -0.2) is 65.4 Å². The first-order valence-corrected chi connectivity index (χ1v) is 12.7. The molecular weight excluding hydrogens is 446 g/mol. The van der Waals surface area contributed by atoms with Gasteiger partial charge in [-0.25, -0.2) is 4.79 Å². The van der Waals surface area contributed by atoms with Crippen molar-refractivity contribution in [3.05, 3.63) is 35.9 Å². The number of carbonyl (C=O) groups is 4. The van der Waals surface area contributed by atoms with Crippen molar-refractivity contribution in [1.29, 1.82) is 0 Å². The van der Waals surface area contributed by atoms with E-state index in [0.717, 1.165) is 30.6 Å². The van der Waals surface area contributed by atoms with Crippen LogP contribution >= 0.6 is 0 Å². The van der Waals surface area contributed by atoms with Crippen LogP contribution in [0.2, 0.25) is 0 Å². The van der Waals surface area contributed by atoms with Crippen molar-refractivity contribution >= 4 is 23.8 Å². The van der Waals surface area contributed by atoms with Crippen molar-refractivity contribution in [1.82, 2.24) is 15.1 Å². The molecule has 1 aromatic carbocycles. The maximum atomic E-state index is 13.2. The number of rotatable bonds is 6. The second-order valence-corrected chi connectivity index (χ2v) is 11.4. The molecule has 1 spiro atoms. The predicted octanol–water partition coefficient (Wildman–Crippen LogP) is 3.15. The summed E-state index contributed by atoms with van der Waals surface area (Å²) < 4.78 is 5.17. The highest BCUT2D eigenvalue weighted by Gasteiger charge is 2.56. The molecule has 2 atom stereocenters.